The first-order valence-corrected chi connectivity index (χ1v) is 8.77. The highest BCUT2D eigenvalue weighted by Crippen LogP contribution is 2.31. The molecule has 3 N–H and O–H groups in total. The molecule has 0 bridgehead atoms. The second kappa shape index (κ2) is 8.14. The van der Waals surface area contributed by atoms with E-state index in [1.165, 1.54) is 23.3 Å². The van der Waals surface area contributed by atoms with Crippen molar-refractivity contribution in [2.75, 3.05) is 13.2 Å². The zero-order valence-electron chi connectivity index (χ0n) is 13.8. The third-order valence-corrected chi connectivity index (χ3v) is 4.54. The fourth-order valence-corrected chi connectivity index (χ4v) is 2.81. The Balaban J connectivity index is 2.27. The Kier molecular flexibility index (Phi) is 7.11. The van der Waals surface area contributed by atoms with E-state index in [0.717, 1.165) is 9.22 Å². The SMILES string of the molecule is CC(C)(C)OC(=O)NCCCOC(C)(C)c1ncc(SN)s1. The molecule has 0 aliphatic rings. The Hall–Kier alpha value is -0.830. The number of alkyl carbamates (subject to hydrolysis) is 1. The summed E-state index contributed by atoms with van der Waals surface area (Å²) in [5, 5.41) is 9.11. The van der Waals surface area contributed by atoms with Gasteiger partial charge in [-0.3, -0.25) is 5.14 Å². The van der Waals surface area contributed by atoms with E-state index in [1.807, 2.05) is 34.6 Å². The Morgan fingerprint density at radius 2 is 2.09 bits per heavy atom. The molecule has 8 heteroatoms. The average Bonchev–Trinajstić information content (AvgIpc) is 2.85. The zero-order chi connectivity index (χ0) is 16.8. The van der Waals surface area contributed by atoms with E-state index in [4.69, 9.17) is 14.6 Å². The highest BCUT2D eigenvalue weighted by Gasteiger charge is 2.25. The van der Waals surface area contributed by atoms with Gasteiger partial charge in [0.25, 0.3) is 0 Å². The van der Waals surface area contributed by atoms with Gasteiger partial charge >= 0.3 is 6.09 Å². The molecule has 0 spiro atoms. The lowest BCUT2D eigenvalue weighted by Crippen LogP contribution is -2.33. The van der Waals surface area contributed by atoms with Crippen molar-refractivity contribution in [1.29, 1.82) is 0 Å². The van der Waals surface area contributed by atoms with Crippen LogP contribution in [0.2, 0.25) is 0 Å². The molecular weight excluding hydrogens is 322 g/mol. The van der Waals surface area contributed by atoms with Gasteiger partial charge in [-0.25, -0.2) is 9.78 Å². The number of hydrogen-bond donors (Lipinski definition) is 2. The van der Waals surface area contributed by atoms with Crippen molar-refractivity contribution in [3.8, 4) is 0 Å². The van der Waals surface area contributed by atoms with Crippen molar-refractivity contribution in [1.82, 2.24) is 10.3 Å². The van der Waals surface area contributed by atoms with Gasteiger partial charge in [0.05, 0.1) is 10.4 Å². The van der Waals surface area contributed by atoms with Gasteiger partial charge in [0.1, 0.15) is 16.2 Å². The van der Waals surface area contributed by atoms with Gasteiger partial charge in [0.15, 0.2) is 0 Å². The van der Waals surface area contributed by atoms with Gasteiger partial charge < -0.3 is 14.8 Å². The van der Waals surface area contributed by atoms with Crippen LogP contribution in [-0.2, 0) is 15.1 Å². The molecule has 0 radical (unpaired) electrons. The van der Waals surface area contributed by atoms with E-state index < -0.39 is 17.3 Å². The number of nitrogens with two attached hydrogens (primary N) is 1. The summed E-state index contributed by atoms with van der Waals surface area (Å²) in [4.78, 5) is 15.8. The molecule has 0 aromatic carbocycles. The van der Waals surface area contributed by atoms with Gasteiger partial charge in [0.2, 0.25) is 0 Å². The van der Waals surface area contributed by atoms with E-state index in [-0.39, 0.29) is 0 Å². The minimum Gasteiger partial charge on any atom is -0.444 e. The lowest BCUT2D eigenvalue weighted by Gasteiger charge is -2.23. The molecule has 1 amide bonds. The van der Waals surface area contributed by atoms with Crippen LogP contribution in [0, 0.1) is 0 Å². The van der Waals surface area contributed by atoms with Crippen LogP contribution in [0.15, 0.2) is 10.4 Å². The summed E-state index contributed by atoms with van der Waals surface area (Å²) < 4.78 is 12.0. The van der Waals surface area contributed by atoms with Crippen LogP contribution in [0.5, 0.6) is 0 Å². The third kappa shape index (κ3) is 6.95. The van der Waals surface area contributed by atoms with Crippen LogP contribution in [0.25, 0.3) is 0 Å². The Bertz CT molecular complexity index is 484. The predicted octanol–water partition coefficient (Wildman–Crippen LogP) is 3.28. The average molecular weight is 348 g/mol. The molecule has 0 aliphatic heterocycles. The van der Waals surface area contributed by atoms with Crippen LogP contribution in [0.3, 0.4) is 0 Å². The highest BCUT2D eigenvalue weighted by molar-refractivity contribution is 7.99. The van der Waals surface area contributed by atoms with Gasteiger partial charge in [-0.1, -0.05) is 0 Å². The summed E-state index contributed by atoms with van der Waals surface area (Å²) in [6, 6.07) is 0. The fraction of sp³-hybridized carbons (Fsp3) is 0.714. The van der Waals surface area contributed by atoms with Crippen molar-refractivity contribution in [2.45, 2.75) is 56.5 Å². The van der Waals surface area contributed by atoms with Crippen molar-refractivity contribution in [3.05, 3.63) is 11.2 Å². The van der Waals surface area contributed by atoms with Crippen molar-refractivity contribution in [3.63, 3.8) is 0 Å². The van der Waals surface area contributed by atoms with Gasteiger partial charge in [-0.15, -0.1) is 11.3 Å². The molecule has 0 aliphatic carbocycles. The van der Waals surface area contributed by atoms with E-state index in [9.17, 15) is 4.79 Å². The molecule has 1 heterocycles. The number of rotatable bonds is 7. The van der Waals surface area contributed by atoms with Gasteiger partial charge in [0, 0.05) is 13.2 Å². The predicted molar refractivity (Wildman–Crippen MR) is 90.0 cm³/mol. The number of carbonyl (C=O) groups excluding carboxylic acids is 1. The topological polar surface area (TPSA) is 86.5 Å². The van der Waals surface area contributed by atoms with Crippen LogP contribution in [0.1, 0.15) is 46.0 Å². The minimum absolute atomic E-state index is 0.406. The molecule has 1 aromatic heterocycles. The third-order valence-electron chi connectivity index (χ3n) is 2.57. The summed E-state index contributed by atoms with van der Waals surface area (Å²) in [6.45, 7) is 10.5. The van der Waals surface area contributed by atoms with Crippen LogP contribution in [0.4, 0.5) is 4.79 Å². The molecule has 0 saturated carbocycles. The van der Waals surface area contributed by atoms with Gasteiger partial charge in [-0.05, 0) is 53.0 Å². The highest BCUT2D eigenvalue weighted by atomic mass is 32.2. The van der Waals surface area contributed by atoms with Crippen molar-refractivity contribution in [2.24, 2.45) is 5.14 Å². The van der Waals surface area contributed by atoms with E-state index in [2.05, 4.69) is 10.3 Å². The summed E-state index contributed by atoms with van der Waals surface area (Å²) in [5.41, 5.74) is -0.948. The smallest absolute Gasteiger partial charge is 0.407 e. The monoisotopic (exact) mass is 347 g/mol. The van der Waals surface area contributed by atoms with E-state index in [1.54, 1.807) is 6.20 Å². The quantitative estimate of drug-likeness (QED) is 0.581. The first kappa shape index (κ1) is 19.2. The lowest BCUT2D eigenvalue weighted by molar-refractivity contribution is -0.0228. The molecular formula is C14H25N3O3S2. The Labute approximate surface area is 140 Å². The molecule has 1 rings (SSSR count). The molecule has 22 heavy (non-hydrogen) atoms. The van der Waals surface area contributed by atoms with Crippen molar-refractivity contribution >= 4 is 29.4 Å². The van der Waals surface area contributed by atoms with Crippen LogP contribution in [-0.4, -0.2) is 29.8 Å². The summed E-state index contributed by atoms with van der Waals surface area (Å²) in [6.07, 6.45) is 2.04. The molecule has 0 fully saturated rings. The molecule has 1 aromatic rings. The second-order valence-electron chi connectivity index (χ2n) is 6.24. The maximum atomic E-state index is 11.5. The number of hydrogen-bond acceptors (Lipinski definition) is 7. The lowest BCUT2D eigenvalue weighted by atomic mass is 10.1. The maximum Gasteiger partial charge on any atom is 0.407 e. The molecule has 0 unspecified atom stereocenters. The van der Waals surface area contributed by atoms with E-state index >= 15 is 0 Å². The number of nitrogens with zero attached hydrogens (tertiary/aromatic N) is 1. The summed E-state index contributed by atoms with van der Waals surface area (Å²) in [5.74, 6) is 0. The fourth-order valence-electron chi connectivity index (χ4n) is 1.56. The van der Waals surface area contributed by atoms with E-state index in [0.29, 0.717) is 19.6 Å². The number of ether oxygens (including phenoxy) is 2. The normalized spacial score (nSPS) is 12.3. The zero-order valence-corrected chi connectivity index (χ0v) is 15.4. The number of thiazole rings is 1. The molecule has 6 nitrogen and oxygen atoms in total. The summed E-state index contributed by atoms with van der Waals surface area (Å²) >= 11 is 2.71. The Morgan fingerprint density at radius 1 is 1.41 bits per heavy atom. The number of aromatic nitrogens is 1. The number of carbonyl (C=O) groups is 1. The first-order valence-electron chi connectivity index (χ1n) is 7.08. The number of nitrogens with one attached hydrogen (secondary N) is 1. The van der Waals surface area contributed by atoms with Crippen LogP contribution >= 0.6 is 23.3 Å². The number of amides is 1. The van der Waals surface area contributed by atoms with Gasteiger partial charge in [-0.2, -0.15) is 0 Å². The molecule has 126 valence electrons. The maximum absolute atomic E-state index is 11.5. The van der Waals surface area contributed by atoms with Crippen LogP contribution < -0.4 is 10.5 Å². The largest absolute Gasteiger partial charge is 0.444 e. The first-order chi connectivity index (χ1) is 10.1. The second-order valence-corrected chi connectivity index (χ2v) is 8.21. The minimum atomic E-state index is -0.480. The van der Waals surface area contributed by atoms with Crippen molar-refractivity contribution < 1.29 is 14.3 Å². The summed E-state index contributed by atoms with van der Waals surface area (Å²) in [7, 11) is 0. The molecule has 0 atom stereocenters. The molecule has 0 saturated heterocycles. The standard InChI is InChI=1S/C14H25N3O3S2/c1-13(2,3)20-12(18)16-7-6-8-19-14(4,5)11-17-9-10(21-11)22-15/h9H,6-8,15H2,1-5H3,(H,16,18). The Morgan fingerprint density at radius 3 is 2.64 bits per heavy atom.